The molecule has 0 atom stereocenters. The van der Waals surface area contributed by atoms with E-state index in [9.17, 15) is 0 Å². The lowest BCUT2D eigenvalue weighted by Crippen LogP contribution is -2.38. The topological polar surface area (TPSA) is 35.9 Å². The third kappa shape index (κ3) is 5.85. The van der Waals surface area contributed by atoms with E-state index in [0.717, 1.165) is 39.8 Å². The summed E-state index contributed by atoms with van der Waals surface area (Å²) in [7, 11) is 2.12. The van der Waals surface area contributed by atoms with Crippen LogP contribution in [-0.4, -0.2) is 14.3 Å². The molecule has 0 saturated carbocycles. The minimum atomic E-state index is -0.624. The number of aromatic nitrogens is 4. The summed E-state index contributed by atoms with van der Waals surface area (Å²) < 4.78 is 13.3. The van der Waals surface area contributed by atoms with Crippen LogP contribution in [0.5, 0.6) is 11.5 Å². The predicted molar refractivity (Wildman–Crippen MR) is 242 cm³/mol. The largest absolute Gasteiger partial charge is 0.458 e. The van der Waals surface area contributed by atoms with Crippen LogP contribution < -0.4 is 9.30 Å². The first-order valence-corrected chi connectivity index (χ1v) is 21.3. The Morgan fingerprint density at radius 3 is 1.73 bits per heavy atom. The Bertz CT molecular complexity index is 2790. The average Bonchev–Trinajstić information content (AvgIpc) is 3.77. The number of nitrogens with zero attached hydrogens (tertiary/aromatic N) is 4. The number of benzene rings is 5. The summed E-state index contributed by atoms with van der Waals surface area (Å²) in [6.07, 6.45) is 3.75. The number of ether oxygens (including phenoxy) is 1. The van der Waals surface area contributed by atoms with Crippen molar-refractivity contribution >= 4 is 11.0 Å². The second-order valence-electron chi connectivity index (χ2n) is 21.4. The summed E-state index contributed by atoms with van der Waals surface area (Å²) in [6, 6.07) is 34.2. The van der Waals surface area contributed by atoms with Gasteiger partial charge in [-0.25, -0.2) is 4.68 Å². The van der Waals surface area contributed by atoms with Crippen LogP contribution in [-0.2, 0) is 34.1 Å². The normalized spacial score (nSPS) is 14.5. The van der Waals surface area contributed by atoms with Crippen molar-refractivity contribution in [1.82, 2.24) is 14.3 Å². The zero-order chi connectivity index (χ0) is 42.4. The van der Waals surface area contributed by atoms with Gasteiger partial charge in [-0.15, -0.1) is 0 Å². The summed E-state index contributed by atoms with van der Waals surface area (Å²) in [5.74, 6) is 1.54. The highest BCUT2D eigenvalue weighted by Gasteiger charge is 2.54. The maximum atomic E-state index is 6.82. The Morgan fingerprint density at radius 1 is 0.610 bits per heavy atom. The molecule has 0 saturated heterocycles. The molecule has 0 radical (unpaired) electrons. The Hall–Kier alpha value is -5.42. The number of para-hydroxylation sites is 1. The van der Waals surface area contributed by atoms with E-state index in [2.05, 4.69) is 191 Å². The highest BCUT2D eigenvalue weighted by atomic mass is 16.5. The zero-order valence-corrected chi connectivity index (χ0v) is 37.9. The molecule has 3 heterocycles. The van der Waals surface area contributed by atoms with Crippen LogP contribution in [0.1, 0.15) is 139 Å². The second-order valence-corrected chi connectivity index (χ2v) is 21.4. The molecule has 5 nitrogen and oxygen atoms in total. The van der Waals surface area contributed by atoms with Crippen LogP contribution in [0.4, 0.5) is 0 Å². The van der Waals surface area contributed by atoms with Gasteiger partial charge < -0.3 is 13.9 Å². The Kier molecular flexibility index (Phi) is 8.31. The number of fused-ring (bicyclic) bond motifs is 9. The van der Waals surface area contributed by atoms with Gasteiger partial charge in [0.25, 0.3) is 0 Å². The summed E-state index contributed by atoms with van der Waals surface area (Å²) in [5, 5.41) is 4.75. The summed E-state index contributed by atoms with van der Waals surface area (Å²) in [4.78, 5) is 0. The molecule has 1 aliphatic heterocycles. The SMILES string of the molecule is Cc1cc(C)n(-c2cccc(Oc3ccc4c(c3)-n3[c-][n+](C)c5cccc(c53)C43c4c(cc(C(C)(C)C)cc4C(C)(C)C)-c4cc(C(C)(C)C)cc(C(C)(C)C)c43)c2)n1. The molecule has 0 bridgehead atoms. The van der Waals surface area contributed by atoms with Gasteiger partial charge in [-0.05, 0) is 121 Å². The molecule has 2 aromatic heterocycles. The van der Waals surface area contributed by atoms with Gasteiger partial charge in [0.15, 0.2) is 0 Å². The first-order chi connectivity index (χ1) is 27.5. The highest BCUT2D eigenvalue weighted by molar-refractivity contribution is 5.97. The summed E-state index contributed by atoms with van der Waals surface area (Å²) >= 11 is 0. The molecule has 0 fully saturated rings. The lowest BCUT2D eigenvalue weighted by molar-refractivity contribution is -0.649. The molecule has 0 unspecified atom stereocenters. The molecule has 5 aromatic carbocycles. The Morgan fingerprint density at radius 2 is 1.19 bits per heavy atom. The van der Waals surface area contributed by atoms with E-state index in [1.165, 1.54) is 61.2 Å². The summed E-state index contributed by atoms with van der Waals surface area (Å²) in [6.45, 7) is 32.6. The minimum Gasteiger partial charge on any atom is -0.458 e. The molecule has 1 aliphatic carbocycles. The van der Waals surface area contributed by atoms with Gasteiger partial charge in [-0.3, -0.25) is 0 Å². The van der Waals surface area contributed by atoms with E-state index in [4.69, 9.17) is 9.84 Å². The maximum absolute atomic E-state index is 6.82. The van der Waals surface area contributed by atoms with Crippen molar-refractivity contribution in [3.05, 3.63) is 153 Å². The zero-order valence-electron chi connectivity index (χ0n) is 37.9. The standard InChI is InChI=1S/C54H60N4O/c1-32-24-33(2)58(55-32)36-18-16-19-37(29-36)59-38-22-23-41-46(30-38)57-31-56(15)45-21-17-20-42(49(45)57)54(41)47-39(25-34(50(3,4)5)27-43(47)52(9,10)11)40-26-35(51(6,7)8)28-44(48(40)54)53(12,13)14/h16-30H,1-15H3. The van der Waals surface area contributed by atoms with Crippen molar-refractivity contribution in [3.63, 3.8) is 0 Å². The fourth-order valence-electron chi connectivity index (χ4n) is 9.92. The van der Waals surface area contributed by atoms with E-state index in [0.29, 0.717) is 0 Å². The number of hydrogen-bond donors (Lipinski definition) is 0. The third-order valence-corrected chi connectivity index (χ3v) is 12.8. The smallest absolute Gasteiger partial charge is 0.244 e. The van der Waals surface area contributed by atoms with Crippen molar-refractivity contribution < 1.29 is 9.30 Å². The third-order valence-electron chi connectivity index (χ3n) is 12.8. The van der Waals surface area contributed by atoms with Gasteiger partial charge in [0.1, 0.15) is 11.5 Å². The van der Waals surface area contributed by atoms with E-state index in [1.807, 2.05) is 23.7 Å². The summed E-state index contributed by atoms with van der Waals surface area (Å²) in [5.41, 5.74) is 19.0. The molecule has 1 spiro atoms. The lowest BCUT2D eigenvalue weighted by Gasteiger charge is -2.45. The molecule has 9 rings (SSSR count). The first-order valence-electron chi connectivity index (χ1n) is 21.3. The molecule has 0 N–H and O–H groups in total. The van der Waals surface area contributed by atoms with Crippen LogP contribution in [0.25, 0.3) is 33.5 Å². The van der Waals surface area contributed by atoms with E-state index in [1.54, 1.807) is 0 Å². The molecule has 7 aromatic rings. The van der Waals surface area contributed by atoms with E-state index >= 15 is 0 Å². The molecule has 302 valence electrons. The minimum absolute atomic E-state index is 0.0418. The second kappa shape index (κ2) is 12.5. The number of rotatable bonds is 3. The molecular formula is C54H60N4O. The van der Waals surface area contributed by atoms with Crippen LogP contribution in [0.3, 0.4) is 0 Å². The predicted octanol–water partition coefficient (Wildman–Crippen LogP) is 12.7. The van der Waals surface area contributed by atoms with Crippen molar-refractivity contribution in [2.24, 2.45) is 7.05 Å². The van der Waals surface area contributed by atoms with Crippen molar-refractivity contribution in [2.75, 3.05) is 0 Å². The maximum Gasteiger partial charge on any atom is 0.244 e. The van der Waals surface area contributed by atoms with Gasteiger partial charge in [0.2, 0.25) is 6.33 Å². The molecule has 59 heavy (non-hydrogen) atoms. The van der Waals surface area contributed by atoms with Crippen LogP contribution in [0, 0.1) is 20.2 Å². The Balaban J connectivity index is 1.42. The Labute approximate surface area is 351 Å². The van der Waals surface area contributed by atoms with Crippen LogP contribution in [0.2, 0.25) is 0 Å². The molecule has 0 amide bonds. The number of aryl methyl sites for hydroxylation is 3. The lowest BCUT2D eigenvalue weighted by atomic mass is 9.60. The van der Waals surface area contributed by atoms with Crippen molar-refractivity contribution in [3.8, 4) is 34.0 Å². The number of hydrogen-bond acceptors (Lipinski definition) is 2. The number of imidazole rings is 1. The van der Waals surface area contributed by atoms with Gasteiger partial charge in [-0.1, -0.05) is 138 Å². The molecule has 2 aliphatic rings. The monoisotopic (exact) mass is 780 g/mol. The van der Waals surface area contributed by atoms with E-state index < -0.39 is 5.41 Å². The van der Waals surface area contributed by atoms with E-state index in [-0.39, 0.29) is 21.7 Å². The fourth-order valence-corrected chi connectivity index (χ4v) is 9.92. The van der Waals surface area contributed by atoms with Crippen molar-refractivity contribution in [1.29, 1.82) is 0 Å². The quantitative estimate of drug-likeness (QED) is 0.132. The van der Waals surface area contributed by atoms with Crippen molar-refractivity contribution in [2.45, 2.75) is 124 Å². The van der Waals surface area contributed by atoms with Crippen LogP contribution >= 0.6 is 0 Å². The first kappa shape index (κ1) is 39.1. The van der Waals surface area contributed by atoms with Gasteiger partial charge in [0, 0.05) is 11.8 Å². The average molecular weight is 781 g/mol. The van der Waals surface area contributed by atoms with Gasteiger partial charge in [0.05, 0.1) is 40.6 Å². The fraction of sp³-hybridized carbons (Fsp3) is 0.370. The highest BCUT2D eigenvalue weighted by Crippen LogP contribution is 2.64. The molecule has 5 heteroatoms. The van der Waals surface area contributed by atoms with Crippen LogP contribution in [0.15, 0.2) is 91.0 Å². The van der Waals surface area contributed by atoms with Gasteiger partial charge in [-0.2, -0.15) is 5.10 Å². The van der Waals surface area contributed by atoms with Gasteiger partial charge >= 0.3 is 0 Å². The molecular weight excluding hydrogens is 721 g/mol.